The zero-order valence-electron chi connectivity index (χ0n) is 11.4. The van der Waals surface area contributed by atoms with Gasteiger partial charge < -0.3 is 15.2 Å². The summed E-state index contributed by atoms with van der Waals surface area (Å²) in [7, 11) is 3.39. The normalized spacial score (nSPS) is 12.0. The quantitative estimate of drug-likeness (QED) is 0.867. The molecule has 2 heterocycles. The molecule has 0 spiro atoms. The second kappa shape index (κ2) is 5.64. The Balaban J connectivity index is 2.20. The molecule has 0 aliphatic rings. The van der Waals surface area contributed by atoms with Gasteiger partial charge in [0.25, 0.3) is 5.91 Å². The second-order valence-corrected chi connectivity index (χ2v) is 4.29. The number of carbonyl (C=O) groups is 1. The molecule has 0 fully saturated rings. The third kappa shape index (κ3) is 2.73. The van der Waals surface area contributed by atoms with Crippen LogP contribution in [0.25, 0.3) is 0 Å². The molecule has 1 atom stereocenters. The van der Waals surface area contributed by atoms with Crippen molar-refractivity contribution < 1.29 is 9.18 Å². The maximum atomic E-state index is 13.2. The molecular formula is C12H15FN6O. The van der Waals surface area contributed by atoms with Gasteiger partial charge in [-0.25, -0.2) is 9.37 Å². The highest BCUT2D eigenvalue weighted by Gasteiger charge is 2.18. The van der Waals surface area contributed by atoms with Crippen molar-refractivity contribution in [2.75, 3.05) is 12.4 Å². The molecule has 2 rings (SSSR count). The van der Waals surface area contributed by atoms with Crippen LogP contribution in [0.5, 0.6) is 0 Å². The lowest BCUT2D eigenvalue weighted by atomic mass is 10.2. The molecule has 0 saturated carbocycles. The van der Waals surface area contributed by atoms with Crippen LogP contribution in [0.1, 0.15) is 29.1 Å². The molecule has 2 N–H and O–H groups in total. The maximum Gasteiger partial charge on any atom is 0.255 e. The van der Waals surface area contributed by atoms with Crippen LogP contribution >= 0.6 is 0 Å². The molecule has 0 aliphatic heterocycles. The van der Waals surface area contributed by atoms with Crippen LogP contribution < -0.4 is 10.6 Å². The molecular weight excluding hydrogens is 263 g/mol. The van der Waals surface area contributed by atoms with Crippen molar-refractivity contribution in [1.82, 2.24) is 25.1 Å². The van der Waals surface area contributed by atoms with Gasteiger partial charge in [0.15, 0.2) is 5.82 Å². The third-order valence-electron chi connectivity index (χ3n) is 2.82. The van der Waals surface area contributed by atoms with Crippen molar-refractivity contribution in [3.05, 3.63) is 35.8 Å². The van der Waals surface area contributed by atoms with Crippen molar-refractivity contribution in [2.24, 2.45) is 7.05 Å². The minimum absolute atomic E-state index is 0.140. The predicted molar refractivity (Wildman–Crippen MR) is 70.6 cm³/mol. The monoisotopic (exact) mass is 278 g/mol. The molecule has 7 nitrogen and oxygen atoms in total. The van der Waals surface area contributed by atoms with E-state index in [1.807, 2.05) is 0 Å². The molecule has 0 aromatic carbocycles. The number of pyridine rings is 1. The summed E-state index contributed by atoms with van der Waals surface area (Å²) in [6.45, 7) is 1.77. The molecule has 1 unspecified atom stereocenters. The smallest absolute Gasteiger partial charge is 0.255 e. The molecule has 0 radical (unpaired) electrons. The van der Waals surface area contributed by atoms with Gasteiger partial charge in [0.2, 0.25) is 0 Å². The van der Waals surface area contributed by atoms with Crippen molar-refractivity contribution in [3.8, 4) is 0 Å². The SMILES string of the molecule is CNc1ncc(F)cc1C(=O)NC(C)c1nncn1C. The first-order chi connectivity index (χ1) is 9.52. The zero-order valence-corrected chi connectivity index (χ0v) is 11.4. The number of aromatic nitrogens is 4. The average Bonchev–Trinajstić information content (AvgIpc) is 2.85. The standard InChI is InChI=1S/C12H15FN6O/c1-7(11-18-16-6-19(11)3)17-12(20)9-4-8(13)5-15-10(9)14-2/h4-7H,1-3H3,(H,14,15)(H,17,20). The lowest BCUT2D eigenvalue weighted by molar-refractivity contribution is 0.0938. The van der Waals surface area contributed by atoms with E-state index in [0.717, 1.165) is 12.3 Å². The van der Waals surface area contributed by atoms with Crippen LogP contribution in [0.2, 0.25) is 0 Å². The number of anilines is 1. The van der Waals surface area contributed by atoms with Crippen molar-refractivity contribution >= 4 is 11.7 Å². The van der Waals surface area contributed by atoms with Gasteiger partial charge in [0, 0.05) is 14.1 Å². The Hall–Kier alpha value is -2.51. The predicted octanol–water partition coefficient (Wildman–Crippen LogP) is 0.882. The fraction of sp³-hybridized carbons (Fsp3) is 0.333. The minimum atomic E-state index is -0.569. The van der Waals surface area contributed by atoms with Crippen LogP contribution in [-0.4, -0.2) is 32.7 Å². The number of nitrogens with zero attached hydrogens (tertiary/aromatic N) is 4. The van der Waals surface area contributed by atoms with E-state index >= 15 is 0 Å². The van der Waals surface area contributed by atoms with Gasteiger partial charge >= 0.3 is 0 Å². The number of hydrogen-bond acceptors (Lipinski definition) is 5. The molecule has 0 aliphatic carbocycles. The number of halogens is 1. The van der Waals surface area contributed by atoms with Crippen LogP contribution in [0.15, 0.2) is 18.6 Å². The molecule has 0 bridgehead atoms. The first-order valence-corrected chi connectivity index (χ1v) is 6.01. The summed E-state index contributed by atoms with van der Waals surface area (Å²) in [6, 6.07) is 0.778. The molecule has 106 valence electrons. The van der Waals surface area contributed by atoms with Crippen molar-refractivity contribution in [1.29, 1.82) is 0 Å². The molecule has 2 aromatic heterocycles. The summed E-state index contributed by atoms with van der Waals surface area (Å²) in [5.74, 6) is -0.0832. The van der Waals surface area contributed by atoms with Gasteiger partial charge in [-0.1, -0.05) is 0 Å². The van der Waals surface area contributed by atoms with Gasteiger partial charge in [0.1, 0.15) is 18.0 Å². The molecule has 1 amide bonds. The highest BCUT2D eigenvalue weighted by atomic mass is 19.1. The second-order valence-electron chi connectivity index (χ2n) is 4.29. The first kappa shape index (κ1) is 13.9. The molecule has 8 heteroatoms. The number of nitrogens with one attached hydrogen (secondary N) is 2. The lowest BCUT2D eigenvalue weighted by Crippen LogP contribution is -2.29. The lowest BCUT2D eigenvalue weighted by Gasteiger charge is -2.14. The van der Waals surface area contributed by atoms with Gasteiger partial charge in [-0.05, 0) is 13.0 Å². The Bertz CT molecular complexity index is 626. The highest BCUT2D eigenvalue weighted by Crippen LogP contribution is 2.15. The van der Waals surface area contributed by atoms with Crippen molar-refractivity contribution in [2.45, 2.75) is 13.0 Å². The Morgan fingerprint density at radius 2 is 2.25 bits per heavy atom. The summed E-state index contributed by atoms with van der Waals surface area (Å²) in [5, 5.41) is 13.1. The number of carbonyl (C=O) groups excluding carboxylic acids is 1. The maximum absolute atomic E-state index is 13.2. The van der Waals surface area contributed by atoms with Gasteiger partial charge in [-0.3, -0.25) is 4.79 Å². The van der Waals surface area contributed by atoms with E-state index in [9.17, 15) is 9.18 Å². The molecule has 0 saturated heterocycles. The Morgan fingerprint density at radius 3 is 2.85 bits per heavy atom. The summed E-state index contributed by atoms with van der Waals surface area (Å²) in [6.07, 6.45) is 2.59. The van der Waals surface area contributed by atoms with Crippen LogP contribution in [0.3, 0.4) is 0 Å². The number of aryl methyl sites for hydroxylation is 1. The number of rotatable bonds is 4. The van der Waals surface area contributed by atoms with Crippen LogP contribution in [0, 0.1) is 5.82 Å². The summed E-state index contributed by atoms with van der Waals surface area (Å²) >= 11 is 0. The molecule has 20 heavy (non-hydrogen) atoms. The van der Waals surface area contributed by atoms with Gasteiger partial charge in [-0.15, -0.1) is 10.2 Å². The summed E-state index contributed by atoms with van der Waals surface area (Å²) < 4.78 is 14.9. The Labute approximate surface area is 115 Å². The van der Waals surface area contributed by atoms with E-state index in [-0.39, 0.29) is 11.6 Å². The van der Waals surface area contributed by atoms with E-state index in [1.165, 1.54) is 0 Å². The highest BCUT2D eigenvalue weighted by molar-refractivity contribution is 5.98. The van der Waals surface area contributed by atoms with E-state index in [4.69, 9.17) is 0 Å². The third-order valence-corrected chi connectivity index (χ3v) is 2.82. The Morgan fingerprint density at radius 1 is 1.50 bits per heavy atom. The van der Waals surface area contributed by atoms with E-state index in [1.54, 1.807) is 31.9 Å². The van der Waals surface area contributed by atoms with E-state index < -0.39 is 11.7 Å². The van der Waals surface area contributed by atoms with Crippen molar-refractivity contribution in [3.63, 3.8) is 0 Å². The fourth-order valence-electron chi connectivity index (χ4n) is 1.83. The van der Waals surface area contributed by atoms with Gasteiger partial charge in [-0.2, -0.15) is 0 Å². The zero-order chi connectivity index (χ0) is 14.7. The fourth-order valence-corrected chi connectivity index (χ4v) is 1.83. The number of hydrogen-bond donors (Lipinski definition) is 2. The largest absolute Gasteiger partial charge is 0.372 e. The van der Waals surface area contributed by atoms with Crippen LogP contribution in [0.4, 0.5) is 10.2 Å². The molecule has 2 aromatic rings. The number of amides is 1. The van der Waals surface area contributed by atoms with Crippen LogP contribution in [-0.2, 0) is 7.05 Å². The minimum Gasteiger partial charge on any atom is -0.372 e. The summed E-state index contributed by atoms with van der Waals surface area (Å²) in [5.41, 5.74) is 0.140. The first-order valence-electron chi connectivity index (χ1n) is 6.01. The Kier molecular flexibility index (Phi) is 3.92. The average molecular weight is 278 g/mol. The van der Waals surface area contributed by atoms with Gasteiger partial charge in [0.05, 0.1) is 17.8 Å². The summed E-state index contributed by atoms with van der Waals surface area (Å²) in [4.78, 5) is 16.0. The topological polar surface area (TPSA) is 84.7 Å². The van der Waals surface area contributed by atoms with E-state index in [2.05, 4.69) is 25.8 Å². The van der Waals surface area contributed by atoms with E-state index in [0.29, 0.717) is 11.6 Å².